The molecule has 0 saturated carbocycles. The fourth-order valence-electron chi connectivity index (χ4n) is 1.16. The first-order chi connectivity index (χ1) is 5.20. The SMILES string of the molecule is CCCC(CS(C)=O)NCC. The Bertz CT molecular complexity index is 111. The zero-order chi connectivity index (χ0) is 8.69. The summed E-state index contributed by atoms with van der Waals surface area (Å²) in [5, 5.41) is 3.32. The maximum Gasteiger partial charge on any atom is 0.0385 e. The van der Waals surface area contributed by atoms with E-state index in [4.69, 9.17) is 0 Å². The number of hydrogen-bond acceptors (Lipinski definition) is 2. The maximum atomic E-state index is 10.9. The smallest absolute Gasteiger partial charge is 0.0385 e. The van der Waals surface area contributed by atoms with Gasteiger partial charge in [0, 0.05) is 28.9 Å². The van der Waals surface area contributed by atoms with Gasteiger partial charge in [0.25, 0.3) is 0 Å². The van der Waals surface area contributed by atoms with Gasteiger partial charge in [-0.15, -0.1) is 0 Å². The van der Waals surface area contributed by atoms with Crippen LogP contribution >= 0.6 is 0 Å². The highest BCUT2D eigenvalue weighted by atomic mass is 32.2. The van der Waals surface area contributed by atoms with Gasteiger partial charge in [0.1, 0.15) is 0 Å². The van der Waals surface area contributed by atoms with Gasteiger partial charge in [-0.2, -0.15) is 0 Å². The molecular formula is C8H19NOS. The van der Waals surface area contributed by atoms with Crippen LogP contribution in [0, 0.1) is 0 Å². The summed E-state index contributed by atoms with van der Waals surface area (Å²) in [6.07, 6.45) is 4.06. The average molecular weight is 177 g/mol. The molecule has 2 nitrogen and oxygen atoms in total. The van der Waals surface area contributed by atoms with Crippen LogP contribution in [0.3, 0.4) is 0 Å². The molecule has 2 atom stereocenters. The molecule has 0 aliphatic carbocycles. The van der Waals surface area contributed by atoms with E-state index in [1.54, 1.807) is 6.26 Å². The molecule has 0 fully saturated rings. The molecule has 0 amide bonds. The van der Waals surface area contributed by atoms with E-state index >= 15 is 0 Å². The Morgan fingerprint density at radius 2 is 2.09 bits per heavy atom. The fourth-order valence-corrected chi connectivity index (χ4v) is 2.02. The molecular weight excluding hydrogens is 158 g/mol. The second-order valence-electron chi connectivity index (χ2n) is 2.78. The molecule has 0 aromatic carbocycles. The minimum atomic E-state index is -0.661. The van der Waals surface area contributed by atoms with Gasteiger partial charge in [0.05, 0.1) is 0 Å². The summed E-state index contributed by atoms with van der Waals surface area (Å²) in [4.78, 5) is 0. The zero-order valence-corrected chi connectivity index (χ0v) is 8.54. The summed E-state index contributed by atoms with van der Waals surface area (Å²) < 4.78 is 10.9. The van der Waals surface area contributed by atoms with Crippen LogP contribution in [0.1, 0.15) is 26.7 Å². The summed E-state index contributed by atoms with van der Waals surface area (Å²) >= 11 is 0. The van der Waals surface area contributed by atoms with Crippen molar-refractivity contribution in [2.75, 3.05) is 18.6 Å². The van der Waals surface area contributed by atoms with Crippen molar-refractivity contribution in [3.8, 4) is 0 Å². The summed E-state index contributed by atoms with van der Waals surface area (Å²) in [5.41, 5.74) is 0. The normalized spacial score (nSPS) is 16.3. The first-order valence-electron chi connectivity index (χ1n) is 4.24. The van der Waals surface area contributed by atoms with Crippen LogP contribution in [0.2, 0.25) is 0 Å². The summed E-state index contributed by atoms with van der Waals surface area (Å²) in [6.45, 7) is 5.21. The lowest BCUT2D eigenvalue weighted by molar-refractivity contribution is 0.526. The van der Waals surface area contributed by atoms with Crippen LogP contribution in [0.4, 0.5) is 0 Å². The van der Waals surface area contributed by atoms with E-state index in [1.807, 2.05) is 0 Å². The topological polar surface area (TPSA) is 29.1 Å². The third kappa shape index (κ3) is 6.51. The number of nitrogens with one attached hydrogen (secondary N) is 1. The Morgan fingerprint density at radius 1 is 1.45 bits per heavy atom. The van der Waals surface area contributed by atoms with Crippen molar-refractivity contribution in [2.45, 2.75) is 32.7 Å². The molecule has 0 aromatic heterocycles. The standard InChI is InChI=1S/C8H19NOS/c1-4-6-8(9-5-2)7-11(3)10/h8-9H,4-7H2,1-3H3. The number of hydrogen-bond donors (Lipinski definition) is 1. The molecule has 68 valence electrons. The van der Waals surface area contributed by atoms with Crippen molar-refractivity contribution in [1.82, 2.24) is 5.32 Å². The van der Waals surface area contributed by atoms with Gasteiger partial charge in [-0.1, -0.05) is 20.3 Å². The Labute approximate surface area is 72.2 Å². The molecule has 0 aromatic rings. The van der Waals surface area contributed by atoms with Crippen LogP contribution in [0.15, 0.2) is 0 Å². The number of rotatable bonds is 6. The van der Waals surface area contributed by atoms with E-state index in [0.717, 1.165) is 25.1 Å². The zero-order valence-electron chi connectivity index (χ0n) is 7.72. The van der Waals surface area contributed by atoms with E-state index in [2.05, 4.69) is 19.2 Å². The van der Waals surface area contributed by atoms with Crippen LogP contribution in [-0.4, -0.2) is 28.8 Å². The lowest BCUT2D eigenvalue weighted by Crippen LogP contribution is -2.33. The second-order valence-corrected chi connectivity index (χ2v) is 4.26. The first-order valence-corrected chi connectivity index (χ1v) is 5.96. The highest BCUT2D eigenvalue weighted by Crippen LogP contribution is 1.97. The molecule has 2 unspecified atom stereocenters. The third-order valence-corrected chi connectivity index (χ3v) is 2.44. The molecule has 0 heterocycles. The average Bonchev–Trinajstić information content (AvgIpc) is 1.87. The van der Waals surface area contributed by atoms with Crippen molar-refractivity contribution < 1.29 is 4.21 Å². The second kappa shape index (κ2) is 6.80. The molecule has 0 rings (SSSR count). The van der Waals surface area contributed by atoms with E-state index < -0.39 is 10.8 Å². The summed E-state index contributed by atoms with van der Waals surface area (Å²) in [7, 11) is -0.661. The van der Waals surface area contributed by atoms with E-state index in [9.17, 15) is 4.21 Å². The minimum Gasteiger partial charge on any atom is -0.313 e. The monoisotopic (exact) mass is 177 g/mol. The van der Waals surface area contributed by atoms with Gasteiger partial charge in [0.15, 0.2) is 0 Å². The Balaban J connectivity index is 3.59. The summed E-state index contributed by atoms with van der Waals surface area (Å²) in [5.74, 6) is 0.793. The van der Waals surface area contributed by atoms with Gasteiger partial charge < -0.3 is 5.32 Å². The molecule has 11 heavy (non-hydrogen) atoms. The molecule has 0 saturated heterocycles. The highest BCUT2D eigenvalue weighted by molar-refractivity contribution is 7.84. The maximum absolute atomic E-state index is 10.9. The molecule has 0 aliphatic heterocycles. The minimum absolute atomic E-state index is 0.454. The lowest BCUT2D eigenvalue weighted by atomic mass is 10.2. The Hall–Kier alpha value is 0.110. The molecule has 0 bridgehead atoms. The van der Waals surface area contributed by atoms with Crippen molar-refractivity contribution >= 4 is 10.8 Å². The van der Waals surface area contributed by atoms with Gasteiger partial charge in [0.2, 0.25) is 0 Å². The largest absolute Gasteiger partial charge is 0.313 e. The van der Waals surface area contributed by atoms with Crippen LogP contribution in [-0.2, 0) is 10.8 Å². The predicted molar refractivity (Wildman–Crippen MR) is 51.3 cm³/mol. The van der Waals surface area contributed by atoms with Crippen molar-refractivity contribution in [1.29, 1.82) is 0 Å². The molecule has 3 heteroatoms. The van der Waals surface area contributed by atoms with Crippen LogP contribution in [0.5, 0.6) is 0 Å². The highest BCUT2D eigenvalue weighted by Gasteiger charge is 2.06. The first kappa shape index (κ1) is 11.1. The molecule has 1 N–H and O–H groups in total. The summed E-state index contributed by atoms with van der Waals surface area (Å²) in [6, 6.07) is 0.454. The van der Waals surface area contributed by atoms with Crippen LogP contribution in [0.25, 0.3) is 0 Å². The van der Waals surface area contributed by atoms with Crippen LogP contribution < -0.4 is 5.32 Å². The van der Waals surface area contributed by atoms with Gasteiger partial charge in [-0.05, 0) is 13.0 Å². The Kier molecular flexibility index (Phi) is 6.87. The van der Waals surface area contributed by atoms with Gasteiger partial charge >= 0.3 is 0 Å². The van der Waals surface area contributed by atoms with Gasteiger partial charge in [-0.3, -0.25) is 4.21 Å². The third-order valence-electron chi connectivity index (χ3n) is 1.57. The molecule has 0 spiro atoms. The van der Waals surface area contributed by atoms with Crippen molar-refractivity contribution in [3.05, 3.63) is 0 Å². The van der Waals surface area contributed by atoms with Crippen molar-refractivity contribution in [3.63, 3.8) is 0 Å². The molecule has 0 radical (unpaired) electrons. The molecule has 0 aliphatic rings. The van der Waals surface area contributed by atoms with E-state index in [-0.39, 0.29) is 0 Å². The van der Waals surface area contributed by atoms with E-state index in [0.29, 0.717) is 6.04 Å². The van der Waals surface area contributed by atoms with Crippen molar-refractivity contribution in [2.24, 2.45) is 0 Å². The van der Waals surface area contributed by atoms with Gasteiger partial charge in [-0.25, -0.2) is 0 Å². The quantitative estimate of drug-likeness (QED) is 0.659. The van der Waals surface area contributed by atoms with E-state index in [1.165, 1.54) is 0 Å². The predicted octanol–water partition coefficient (Wildman–Crippen LogP) is 1.14. The lowest BCUT2D eigenvalue weighted by Gasteiger charge is -2.14. The Morgan fingerprint density at radius 3 is 2.45 bits per heavy atom. The fraction of sp³-hybridized carbons (Fsp3) is 1.00.